The molecule has 2 heterocycles. The van der Waals surface area contributed by atoms with Gasteiger partial charge in [0.2, 0.25) is 0 Å². The van der Waals surface area contributed by atoms with E-state index in [2.05, 4.69) is 20.9 Å². The first-order valence-electron chi connectivity index (χ1n) is 8.63. The molecule has 0 atom stereocenters. The Bertz CT molecular complexity index is 959. The molecule has 0 amide bonds. The topological polar surface area (TPSA) is 58.2 Å². The van der Waals surface area contributed by atoms with Crippen molar-refractivity contribution in [1.82, 2.24) is 14.9 Å². The van der Waals surface area contributed by atoms with Gasteiger partial charge in [0.1, 0.15) is 11.6 Å². The Morgan fingerprint density at radius 2 is 1.96 bits per heavy atom. The van der Waals surface area contributed by atoms with Gasteiger partial charge in [-0.2, -0.15) is 0 Å². The van der Waals surface area contributed by atoms with Gasteiger partial charge in [-0.25, -0.2) is 4.98 Å². The van der Waals surface area contributed by atoms with Crippen molar-refractivity contribution >= 4 is 10.9 Å². The average Bonchev–Trinajstić information content (AvgIpc) is 3.15. The number of aromatic nitrogens is 2. The van der Waals surface area contributed by atoms with Crippen molar-refractivity contribution < 1.29 is 4.74 Å². The van der Waals surface area contributed by atoms with Gasteiger partial charge in [-0.1, -0.05) is 12.1 Å². The first-order valence-corrected chi connectivity index (χ1v) is 8.63. The number of H-pyrrole nitrogens is 1. The molecule has 25 heavy (non-hydrogen) atoms. The molecule has 128 valence electrons. The smallest absolute Gasteiger partial charge is 0.259 e. The van der Waals surface area contributed by atoms with E-state index in [1.165, 1.54) is 12.8 Å². The molecule has 1 saturated heterocycles. The van der Waals surface area contributed by atoms with Crippen molar-refractivity contribution in [2.75, 3.05) is 20.2 Å². The van der Waals surface area contributed by atoms with E-state index in [-0.39, 0.29) is 5.56 Å². The zero-order chi connectivity index (χ0) is 17.2. The second-order valence-corrected chi connectivity index (χ2v) is 6.44. The fourth-order valence-corrected chi connectivity index (χ4v) is 3.45. The maximum Gasteiger partial charge on any atom is 0.259 e. The van der Waals surface area contributed by atoms with Gasteiger partial charge in [0.15, 0.2) is 0 Å². The number of likely N-dealkylation sites (tertiary alicyclic amines) is 1. The summed E-state index contributed by atoms with van der Waals surface area (Å²) in [4.78, 5) is 22.3. The predicted octanol–water partition coefficient (Wildman–Crippen LogP) is 3.19. The predicted molar refractivity (Wildman–Crippen MR) is 98.9 cm³/mol. The molecule has 4 rings (SSSR count). The molecule has 1 aliphatic heterocycles. The third-order valence-electron chi connectivity index (χ3n) is 4.76. The lowest BCUT2D eigenvalue weighted by atomic mass is 10.1. The number of nitrogens with zero attached hydrogens (tertiary/aromatic N) is 2. The Morgan fingerprint density at radius 1 is 1.16 bits per heavy atom. The van der Waals surface area contributed by atoms with Crippen molar-refractivity contribution in [3.63, 3.8) is 0 Å². The fourth-order valence-electron chi connectivity index (χ4n) is 3.45. The fraction of sp³-hybridized carbons (Fsp3) is 0.300. The van der Waals surface area contributed by atoms with Crippen molar-refractivity contribution in [1.29, 1.82) is 0 Å². The SMILES string of the molecule is COc1ccc(-c2nc3ccccc3c(=O)[nH]2)cc1CN1CCCC1. The summed E-state index contributed by atoms with van der Waals surface area (Å²) in [5, 5.41) is 0.608. The second-order valence-electron chi connectivity index (χ2n) is 6.44. The number of benzene rings is 2. The van der Waals surface area contributed by atoms with Crippen molar-refractivity contribution in [3.8, 4) is 17.1 Å². The summed E-state index contributed by atoms with van der Waals surface area (Å²) in [5.41, 5.74) is 2.62. The Hall–Kier alpha value is -2.66. The Balaban J connectivity index is 1.76. The van der Waals surface area contributed by atoms with Gasteiger partial charge in [0.05, 0.1) is 18.0 Å². The van der Waals surface area contributed by atoms with Gasteiger partial charge < -0.3 is 9.72 Å². The van der Waals surface area contributed by atoms with Gasteiger partial charge in [-0.05, 0) is 56.3 Å². The first-order chi connectivity index (χ1) is 12.2. The van der Waals surface area contributed by atoms with Crippen LogP contribution in [-0.2, 0) is 6.54 Å². The van der Waals surface area contributed by atoms with Gasteiger partial charge in [0.25, 0.3) is 5.56 Å². The zero-order valence-electron chi connectivity index (χ0n) is 14.3. The third kappa shape index (κ3) is 3.15. The number of methoxy groups -OCH3 is 1. The van der Waals surface area contributed by atoms with E-state index in [1.807, 2.05) is 30.3 Å². The van der Waals surface area contributed by atoms with Crippen molar-refractivity contribution in [2.45, 2.75) is 19.4 Å². The lowest BCUT2D eigenvalue weighted by molar-refractivity contribution is 0.321. The Labute approximate surface area is 146 Å². The summed E-state index contributed by atoms with van der Waals surface area (Å²) in [7, 11) is 1.69. The molecule has 0 unspecified atom stereocenters. The number of hydrogen-bond donors (Lipinski definition) is 1. The van der Waals surface area contributed by atoms with E-state index < -0.39 is 0 Å². The molecule has 3 aromatic rings. The van der Waals surface area contributed by atoms with Crippen LogP contribution in [0.25, 0.3) is 22.3 Å². The number of rotatable bonds is 4. The van der Waals surface area contributed by atoms with Crippen LogP contribution >= 0.6 is 0 Å². The van der Waals surface area contributed by atoms with Crippen LogP contribution in [0.4, 0.5) is 0 Å². The summed E-state index contributed by atoms with van der Waals surface area (Å²) in [5.74, 6) is 1.47. The third-order valence-corrected chi connectivity index (χ3v) is 4.76. The average molecular weight is 335 g/mol. The largest absolute Gasteiger partial charge is 0.496 e. The molecule has 1 N–H and O–H groups in total. The summed E-state index contributed by atoms with van der Waals surface area (Å²) in [6.45, 7) is 3.10. The summed E-state index contributed by atoms with van der Waals surface area (Å²) >= 11 is 0. The van der Waals surface area contributed by atoms with Crippen molar-refractivity contribution in [3.05, 3.63) is 58.4 Å². The first kappa shape index (κ1) is 15.8. The van der Waals surface area contributed by atoms with Crippen LogP contribution in [0.3, 0.4) is 0 Å². The van der Waals surface area contributed by atoms with Crippen LogP contribution in [0.15, 0.2) is 47.3 Å². The van der Waals surface area contributed by atoms with E-state index in [1.54, 1.807) is 13.2 Å². The quantitative estimate of drug-likeness (QED) is 0.795. The van der Waals surface area contributed by atoms with Crippen LogP contribution in [0, 0.1) is 0 Å². The van der Waals surface area contributed by atoms with E-state index in [4.69, 9.17) is 4.74 Å². The minimum atomic E-state index is -0.113. The van der Waals surface area contributed by atoms with Crippen LogP contribution in [-0.4, -0.2) is 35.1 Å². The van der Waals surface area contributed by atoms with E-state index >= 15 is 0 Å². The maximum absolute atomic E-state index is 12.3. The molecule has 2 aromatic carbocycles. The van der Waals surface area contributed by atoms with Crippen molar-refractivity contribution in [2.24, 2.45) is 0 Å². The van der Waals surface area contributed by atoms with Crippen LogP contribution < -0.4 is 10.3 Å². The molecule has 1 aromatic heterocycles. The summed E-state index contributed by atoms with van der Waals surface area (Å²) < 4.78 is 5.52. The van der Waals surface area contributed by atoms with E-state index in [0.717, 1.165) is 36.5 Å². The molecule has 0 aliphatic carbocycles. The van der Waals surface area contributed by atoms with Gasteiger partial charge in [0, 0.05) is 17.7 Å². The monoisotopic (exact) mass is 335 g/mol. The number of ether oxygens (including phenoxy) is 1. The van der Waals surface area contributed by atoms with Gasteiger partial charge in [-0.3, -0.25) is 9.69 Å². The van der Waals surface area contributed by atoms with Crippen LogP contribution in [0.5, 0.6) is 5.75 Å². The van der Waals surface area contributed by atoms with Gasteiger partial charge >= 0.3 is 0 Å². The number of nitrogens with one attached hydrogen (secondary N) is 1. The molecule has 1 fully saturated rings. The molecular weight excluding hydrogens is 314 g/mol. The number of hydrogen-bond acceptors (Lipinski definition) is 4. The maximum atomic E-state index is 12.3. The lowest BCUT2D eigenvalue weighted by Gasteiger charge is -2.17. The Kier molecular flexibility index (Phi) is 4.24. The van der Waals surface area contributed by atoms with E-state index in [9.17, 15) is 4.79 Å². The minimum absolute atomic E-state index is 0.113. The molecule has 0 bridgehead atoms. The molecular formula is C20H21N3O2. The van der Waals surface area contributed by atoms with E-state index in [0.29, 0.717) is 16.7 Å². The lowest BCUT2D eigenvalue weighted by Crippen LogP contribution is -2.19. The minimum Gasteiger partial charge on any atom is -0.496 e. The number of fused-ring (bicyclic) bond motifs is 1. The molecule has 0 saturated carbocycles. The highest BCUT2D eigenvalue weighted by Gasteiger charge is 2.15. The molecule has 1 aliphatic rings. The highest BCUT2D eigenvalue weighted by molar-refractivity contribution is 5.79. The highest BCUT2D eigenvalue weighted by atomic mass is 16.5. The van der Waals surface area contributed by atoms with Crippen LogP contribution in [0.1, 0.15) is 18.4 Å². The highest BCUT2D eigenvalue weighted by Crippen LogP contribution is 2.27. The molecule has 5 nitrogen and oxygen atoms in total. The normalized spacial score (nSPS) is 14.9. The zero-order valence-corrected chi connectivity index (χ0v) is 14.3. The molecule has 0 spiro atoms. The van der Waals surface area contributed by atoms with Crippen LogP contribution in [0.2, 0.25) is 0 Å². The number of para-hydroxylation sites is 1. The second kappa shape index (κ2) is 6.69. The molecule has 0 radical (unpaired) electrons. The number of aromatic amines is 1. The standard InChI is InChI=1S/C20H21N3O2/c1-25-18-9-8-14(12-15(18)13-23-10-4-5-11-23)19-21-17-7-3-2-6-16(17)20(24)22-19/h2-3,6-9,12H,4-5,10-11,13H2,1H3,(H,21,22,24). The van der Waals surface area contributed by atoms with Gasteiger partial charge in [-0.15, -0.1) is 0 Å². The Morgan fingerprint density at radius 3 is 2.76 bits per heavy atom. The molecule has 5 heteroatoms. The summed E-state index contributed by atoms with van der Waals surface area (Å²) in [6, 6.07) is 13.4. The summed E-state index contributed by atoms with van der Waals surface area (Å²) in [6.07, 6.45) is 2.50.